The van der Waals surface area contributed by atoms with Crippen molar-refractivity contribution in [1.82, 2.24) is 0 Å². The number of aliphatic hydroxyl groups excluding tert-OH is 1. The van der Waals surface area contributed by atoms with Crippen molar-refractivity contribution >= 4 is 11.6 Å². The molecule has 2 atom stereocenters. The summed E-state index contributed by atoms with van der Waals surface area (Å²) in [5, 5.41) is 10.9. The highest BCUT2D eigenvalue weighted by Gasteiger charge is 2.31. The minimum absolute atomic E-state index is 0.0239. The van der Waals surface area contributed by atoms with Crippen molar-refractivity contribution in [2.75, 3.05) is 7.11 Å². The molecule has 0 saturated heterocycles. The van der Waals surface area contributed by atoms with E-state index in [2.05, 4.69) is 0 Å². The Bertz CT molecular complexity index is 935. The quantitative estimate of drug-likeness (QED) is 0.597. The van der Waals surface area contributed by atoms with Crippen LogP contribution < -0.4 is 4.74 Å². The minimum atomic E-state index is -1.37. The van der Waals surface area contributed by atoms with Crippen LogP contribution in [0.2, 0.25) is 0 Å². The lowest BCUT2D eigenvalue weighted by molar-refractivity contribution is 0.0663. The van der Waals surface area contributed by atoms with E-state index in [-0.39, 0.29) is 12.2 Å². The summed E-state index contributed by atoms with van der Waals surface area (Å²) in [6.45, 7) is 0. The monoisotopic (exact) mass is 374 g/mol. The fourth-order valence-corrected chi connectivity index (χ4v) is 3.24. The molecule has 3 rings (SSSR count). The SMILES string of the molecule is COc1ccccc1C(=O)[C@H](O)[C@H](CC(=O)c1ccccc1)c1ccccc1. The molecule has 0 spiro atoms. The van der Waals surface area contributed by atoms with Crippen LogP contribution in [0.25, 0.3) is 0 Å². The van der Waals surface area contributed by atoms with Crippen LogP contribution in [0.3, 0.4) is 0 Å². The lowest BCUT2D eigenvalue weighted by Gasteiger charge is -2.23. The van der Waals surface area contributed by atoms with Crippen LogP contribution in [0, 0.1) is 0 Å². The molecule has 0 saturated carbocycles. The largest absolute Gasteiger partial charge is 0.496 e. The van der Waals surface area contributed by atoms with E-state index in [4.69, 9.17) is 4.74 Å². The number of rotatable bonds is 8. The van der Waals surface area contributed by atoms with Gasteiger partial charge in [-0.3, -0.25) is 9.59 Å². The third-order valence-corrected chi connectivity index (χ3v) is 4.75. The molecule has 4 nitrogen and oxygen atoms in total. The first kappa shape index (κ1) is 19.5. The molecule has 0 unspecified atom stereocenters. The maximum atomic E-state index is 13.0. The van der Waals surface area contributed by atoms with Gasteiger partial charge in [0.25, 0.3) is 0 Å². The molecule has 0 aliphatic carbocycles. The molecule has 0 bridgehead atoms. The van der Waals surface area contributed by atoms with Gasteiger partial charge in [0.05, 0.1) is 12.7 Å². The topological polar surface area (TPSA) is 63.6 Å². The van der Waals surface area contributed by atoms with Crippen LogP contribution in [0.4, 0.5) is 0 Å². The number of para-hydroxylation sites is 1. The van der Waals surface area contributed by atoms with Gasteiger partial charge in [-0.2, -0.15) is 0 Å². The average molecular weight is 374 g/mol. The average Bonchev–Trinajstić information content (AvgIpc) is 2.77. The van der Waals surface area contributed by atoms with Crippen LogP contribution in [-0.4, -0.2) is 29.9 Å². The standard InChI is InChI=1S/C24H22O4/c1-28-22-15-9-8-14-19(22)23(26)24(27)20(17-10-4-2-5-11-17)16-21(25)18-12-6-3-7-13-18/h2-15,20,24,27H,16H2,1H3/t20-,24-/m1/s1. The number of hydrogen-bond acceptors (Lipinski definition) is 4. The van der Waals surface area contributed by atoms with Gasteiger partial charge >= 0.3 is 0 Å². The van der Waals surface area contributed by atoms with Gasteiger partial charge in [0, 0.05) is 17.9 Å². The van der Waals surface area contributed by atoms with Gasteiger partial charge in [0.1, 0.15) is 11.9 Å². The number of benzene rings is 3. The molecule has 0 aliphatic heterocycles. The third kappa shape index (κ3) is 4.35. The lowest BCUT2D eigenvalue weighted by Crippen LogP contribution is -2.30. The highest BCUT2D eigenvalue weighted by Crippen LogP contribution is 2.29. The van der Waals surface area contributed by atoms with E-state index >= 15 is 0 Å². The summed E-state index contributed by atoms with van der Waals surface area (Å²) in [6.07, 6.45) is -1.35. The third-order valence-electron chi connectivity index (χ3n) is 4.75. The molecule has 0 radical (unpaired) electrons. The predicted molar refractivity (Wildman–Crippen MR) is 108 cm³/mol. The van der Waals surface area contributed by atoms with Crippen LogP contribution in [0.5, 0.6) is 5.75 Å². The molecule has 3 aromatic rings. The first-order chi connectivity index (χ1) is 13.6. The number of ketones is 2. The van der Waals surface area contributed by atoms with Crippen molar-refractivity contribution in [2.24, 2.45) is 0 Å². The smallest absolute Gasteiger partial charge is 0.195 e. The molecule has 0 heterocycles. The molecular formula is C24H22O4. The Labute approximate surface area is 164 Å². The normalized spacial score (nSPS) is 12.8. The maximum Gasteiger partial charge on any atom is 0.195 e. The predicted octanol–water partition coefficient (Wildman–Crippen LogP) is 4.30. The number of hydrogen-bond donors (Lipinski definition) is 1. The summed E-state index contributed by atoms with van der Waals surface area (Å²) in [7, 11) is 1.48. The van der Waals surface area contributed by atoms with Gasteiger partial charge in [0.15, 0.2) is 11.6 Å². The molecule has 1 N–H and O–H groups in total. The Hall–Kier alpha value is -3.24. The molecule has 0 aromatic heterocycles. The summed E-state index contributed by atoms with van der Waals surface area (Å²) in [5.74, 6) is -0.854. The zero-order valence-electron chi connectivity index (χ0n) is 15.6. The summed E-state index contributed by atoms with van der Waals surface area (Å²) < 4.78 is 5.25. The summed E-state index contributed by atoms with van der Waals surface area (Å²) in [5.41, 5.74) is 1.59. The van der Waals surface area contributed by atoms with E-state index in [1.165, 1.54) is 7.11 Å². The second-order valence-corrected chi connectivity index (χ2v) is 6.52. The zero-order valence-corrected chi connectivity index (χ0v) is 15.6. The number of carbonyl (C=O) groups excluding carboxylic acids is 2. The van der Waals surface area contributed by atoms with Gasteiger partial charge in [0.2, 0.25) is 0 Å². The summed E-state index contributed by atoms with van der Waals surface area (Å²) >= 11 is 0. The second-order valence-electron chi connectivity index (χ2n) is 6.52. The van der Waals surface area contributed by atoms with Gasteiger partial charge in [-0.25, -0.2) is 0 Å². The Morgan fingerprint density at radius 3 is 2.07 bits per heavy atom. The first-order valence-corrected chi connectivity index (χ1v) is 9.10. The highest BCUT2D eigenvalue weighted by atomic mass is 16.5. The van der Waals surface area contributed by atoms with Gasteiger partial charge in [-0.1, -0.05) is 72.8 Å². The number of aliphatic hydroxyl groups is 1. The van der Waals surface area contributed by atoms with Crippen LogP contribution in [-0.2, 0) is 0 Å². The highest BCUT2D eigenvalue weighted by molar-refractivity contribution is 6.03. The molecule has 0 fully saturated rings. The summed E-state index contributed by atoms with van der Waals surface area (Å²) in [4.78, 5) is 25.8. The minimum Gasteiger partial charge on any atom is -0.496 e. The van der Waals surface area contributed by atoms with Crippen molar-refractivity contribution in [2.45, 2.75) is 18.4 Å². The van der Waals surface area contributed by atoms with E-state index in [0.29, 0.717) is 16.9 Å². The van der Waals surface area contributed by atoms with E-state index in [1.807, 2.05) is 36.4 Å². The van der Waals surface area contributed by atoms with Crippen molar-refractivity contribution in [3.8, 4) is 5.75 Å². The number of carbonyl (C=O) groups is 2. The Kier molecular flexibility index (Phi) is 6.35. The fraction of sp³-hybridized carbons (Fsp3) is 0.167. The zero-order chi connectivity index (χ0) is 19.9. The van der Waals surface area contributed by atoms with Crippen molar-refractivity contribution < 1.29 is 19.4 Å². The van der Waals surface area contributed by atoms with Crippen molar-refractivity contribution in [3.05, 3.63) is 102 Å². The van der Waals surface area contributed by atoms with Crippen LogP contribution in [0.1, 0.15) is 38.6 Å². The van der Waals surface area contributed by atoms with Crippen molar-refractivity contribution in [3.63, 3.8) is 0 Å². The van der Waals surface area contributed by atoms with Gasteiger partial charge in [-0.05, 0) is 17.7 Å². The fourth-order valence-electron chi connectivity index (χ4n) is 3.24. The Balaban J connectivity index is 1.92. The summed E-state index contributed by atoms with van der Waals surface area (Å²) in [6, 6.07) is 24.8. The Morgan fingerprint density at radius 2 is 1.43 bits per heavy atom. The molecule has 28 heavy (non-hydrogen) atoms. The van der Waals surface area contributed by atoms with Crippen LogP contribution in [0.15, 0.2) is 84.9 Å². The molecule has 4 heteroatoms. The number of ether oxygens (including phenoxy) is 1. The molecular weight excluding hydrogens is 352 g/mol. The van der Waals surface area contributed by atoms with Gasteiger partial charge in [-0.15, -0.1) is 0 Å². The molecule has 142 valence electrons. The van der Waals surface area contributed by atoms with Gasteiger partial charge < -0.3 is 9.84 Å². The van der Waals surface area contributed by atoms with E-state index in [9.17, 15) is 14.7 Å². The molecule has 3 aromatic carbocycles. The maximum absolute atomic E-state index is 13.0. The number of Topliss-reactive ketones (excluding diaryl/α,β-unsaturated/α-hetero) is 2. The molecule has 0 amide bonds. The molecule has 0 aliphatic rings. The lowest BCUT2D eigenvalue weighted by atomic mass is 9.84. The van der Waals surface area contributed by atoms with E-state index in [0.717, 1.165) is 5.56 Å². The number of methoxy groups -OCH3 is 1. The second kappa shape index (κ2) is 9.11. The van der Waals surface area contributed by atoms with E-state index in [1.54, 1.807) is 48.5 Å². The first-order valence-electron chi connectivity index (χ1n) is 9.10. The van der Waals surface area contributed by atoms with Crippen molar-refractivity contribution in [1.29, 1.82) is 0 Å². The Morgan fingerprint density at radius 1 is 0.857 bits per heavy atom. The van der Waals surface area contributed by atoms with Crippen LogP contribution >= 0.6 is 0 Å². The van der Waals surface area contributed by atoms with E-state index < -0.39 is 17.8 Å².